The fourth-order valence-electron chi connectivity index (χ4n) is 3.05. The van der Waals surface area contributed by atoms with Crippen molar-refractivity contribution in [3.8, 4) is 0 Å². The molecule has 2 aliphatic rings. The highest BCUT2D eigenvalue weighted by atomic mass is 16.5. The molecule has 1 aliphatic heterocycles. The number of likely N-dealkylation sites (N-methyl/N-ethyl adjacent to an activating group) is 1. The monoisotopic (exact) mass is 226 g/mol. The van der Waals surface area contributed by atoms with Crippen LogP contribution in [0.25, 0.3) is 0 Å². The average molecular weight is 226 g/mol. The van der Waals surface area contributed by atoms with E-state index in [9.17, 15) is 0 Å². The molecule has 1 heterocycles. The van der Waals surface area contributed by atoms with Crippen LogP contribution in [0.2, 0.25) is 0 Å². The van der Waals surface area contributed by atoms with Gasteiger partial charge in [-0.3, -0.25) is 0 Å². The molecule has 0 amide bonds. The van der Waals surface area contributed by atoms with Crippen LogP contribution in [0, 0.1) is 0 Å². The molecule has 1 saturated heterocycles. The van der Waals surface area contributed by atoms with Crippen LogP contribution in [0.5, 0.6) is 0 Å². The van der Waals surface area contributed by atoms with Crippen molar-refractivity contribution in [1.29, 1.82) is 0 Å². The second-order valence-electron chi connectivity index (χ2n) is 5.62. The van der Waals surface area contributed by atoms with E-state index in [1.165, 1.54) is 38.5 Å². The molecule has 16 heavy (non-hydrogen) atoms. The van der Waals surface area contributed by atoms with E-state index in [2.05, 4.69) is 24.3 Å². The summed E-state index contributed by atoms with van der Waals surface area (Å²) in [6.07, 6.45) is 7.97. The first-order valence-electron chi connectivity index (χ1n) is 6.71. The van der Waals surface area contributed by atoms with Gasteiger partial charge in [0, 0.05) is 24.7 Å². The van der Waals surface area contributed by atoms with Gasteiger partial charge in [0.15, 0.2) is 0 Å². The Morgan fingerprint density at radius 3 is 2.56 bits per heavy atom. The molecule has 0 aromatic heterocycles. The van der Waals surface area contributed by atoms with Crippen LogP contribution in [0.1, 0.15) is 38.5 Å². The first kappa shape index (κ1) is 12.3. The Hall–Kier alpha value is -0.120. The Labute approximate surface area is 99.5 Å². The minimum atomic E-state index is 0.414. The maximum absolute atomic E-state index is 5.51. The molecule has 0 aromatic carbocycles. The highest BCUT2D eigenvalue weighted by Crippen LogP contribution is 2.33. The lowest BCUT2D eigenvalue weighted by atomic mass is 9.95. The summed E-state index contributed by atoms with van der Waals surface area (Å²) < 4.78 is 5.51. The lowest BCUT2D eigenvalue weighted by Crippen LogP contribution is -2.52. The molecule has 1 atom stereocenters. The fourth-order valence-corrected chi connectivity index (χ4v) is 3.05. The summed E-state index contributed by atoms with van der Waals surface area (Å²) in [5.74, 6) is 0. The first-order chi connectivity index (χ1) is 7.73. The highest BCUT2D eigenvalue weighted by Gasteiger charge is 2.36. The van der Waals surface area contributed by atoms with Crippen molar-refractivity contribution in [2.45, 2.75) is 50.1 Å². The third-order valence-corrected chi connectivity index (χ3v) is 4.36. The first-order valence-corrected chi connectivity index (χ1v) is 6.71. The van der Waals surface area contributed by atoms with E-state index in [4.69, 9.17) is 4.74 Å². The Kier molecular flexibility index (Phi) is 4.22. The number of nitrogens with zero attached hydrogens (tertiary/aromatic N) is 1. The largest absolute Gasteiger partial charge is 0.380 e. The van der Waals surface area contributed by atoms with E-state index in [0.29, 0.717) is 11.6 Å². The molecule has 1 saturated carbocycles. The Morgan fingerprint density at radius 1 is 1.25 bits per heavy atom. The van der Waals surface area contributed by atoms with Crippen LogP contribution < -0.4 is 5.32 Å². The zero-order valence-corrected chi connectivity index (χ0v) is 10.8. The minimum Gasteiger partial charge on any atom is -0.380 e. The maximum atomic E-state index is 5.51. The van der Waals surface area contributed by atoms with Crippen molar-refractivity contribution >= 4 is 0 Å². The predicted octanol–water partition coefficient (Wildman–Crippen LogP) is 1.63. The van der Waals surface area contributed by atoms with Crippen molar-refractivity contribution < 1.29 is 4.74 Å². The summed E-state index contributed by atoms with van der Waals surface area (Å²) in [4.78, 5) is 2.43. The van der Waals surface area contributed by atoms with E-state index in [1.54, 1.807) is 0 Å². The van der Waals surface area contributed by atoms with E-state index in [-0.39, 0.29) is 0 Å². The molecule has 0 radical (unpaired) electrons. The van der Waals surface area contributed by atoms with Crippen molar-refractivity contribution in [3.05, 3.63) is 0 Å². The summed E-state index contributed by atoms with van der Waals surface area (Å²) in [6.45, 7) is 2.99. The number of ether oxygens (including phenoxy) is 1. The third-order valence-electron chi connectivity index (χ3n) is 4.36. The van der Waals surface area contributed by atoms with Crippen LogP contribution in [0.4, 0.5) is 0 Å². The summed E-state index contributed by atoms with van der Waals surface area (Å²) >= 11 is 0. The van der Waals surface area contributed by atoms with Crippen LogP contribution in [-0.2, 0) is 4.74 Å². The molecule has 0 aromatic rings. The third kappa shape index (κ3) is 2.76. The summed E-state index contributed by atoms with van der Waals surface area (Å²) in [5.41, 5.74) is 0.414. The van der Waals surface area contributed by atoms with Crippen molar-refractivity contribution in [2.75, 3.05) is 33.9 Å². The minimum absolute atomic E-state index is 0.414. The zero-order chi connectivity index (χ0) is 11.4. The number of hydrogen-bond donors (Lipinski definition) is 1. The lowest BCUT2D eigenvalue weighted by molar-refractivity contribution is 0.0611. The van der Waals surface area contributed by atoms with Gasteiger partial charge in [0.1, 0.15) is 0 Å². The maximum Gasteiger partial charge on any atom is 0.0619 e. The molecule has 3 heteroatoms. The molecule has 1 N–H and O–H groups in total. The van der Waals surface area contributed by atoms with Crippen molar-refractivity contribution in [3.63, 3.8) is 0 Å². The normalized spacial score (nSPS) is 29.8. The van der Waals surface area contributed by atoms with Gasteiger partial charge in [-0.15, -0.1) is 0 Å². The summed E-state index contributed by atoms with van der Waals surface area (Å²) in [6, 6.07) is 0.589. The molecule has 2 fully saturated rings. The Bertz CT molecular complexity index is 206. The van der Waals surface area contributed by atoms with Gasteiger partial charge in [-0.05, 0) is 39.8 Å². The Balaban J connectivity index is 1.81. The van der Waals surface area contributed by atoms with Gasteiger partial charge < -0.3 is 15.0 Å². The van der Waals surface area contributed by atoms with Crippen molar-refractivity contribution in [1.82, 2.24) is 10.2 Å². The fraction of sp³-hybridized carbons (Fsp3) is 1.00. The van der Waals surface area contributed by atoms with Crippen LogP contribution in [-0.4, -0.2) is 50.3 Å². The molecular formula is C13H26N2O. The quantitative estimate of drug-likeness (QED) is 0.788. The predicted molar refractivity (Wildman–Crippen MR) is 66.7 cm³/mol. The number of hydrogen-bond acceptors (Lipinski definition) is 3. The highest BCUT2D eigenvalue weighted by molar-refractivity contribution is 4.95. The molecule has 0 bridgehead atoms. The van der Waals surface area contributed by atoms with Crippen LogP contribution >= 0.6 is 0 Å². The molecule has 94 valence electrons. The van der Waals surface area contributed by atoms with E-state index >= 15 is 0 Å². The molecule has 1 aliphatic carbocycles. The zero-order valence-electron chi connectivity index (χ0n) is 10.8. The second kappa shape index (κ2) is 5.48. The molecular weight excluding hydrogens is 200 g/mol. The Morgan fingerprint density at radius 2 is 2.00 bits per heavy atom. The molecule has 0 spiro atoms. The van der Waals surface area contributed by atoms with Gasteiger partial charge in [-0.1, -0.05) is 12.8 Å². The van der Waals surface area contributed by atoms with Crippen LogP contribution in [0.3, 0.4) is 0 Å². The number of nitrogens with one attached hydrogen (secondary N) is 1. The second-order valence-corrected chi connectivity index (χ2v) is 5.62. The van der Waals surface area contributed by atoms with Gasteiger partial charge in [-0.25, -0.2) is 0 Å². The topological polar surface area (TPSA) is 24.5 Å². The number of rotatable bonds is 4. The summed E-state index contributed by atoms with van der Waals surface area (Å²) in [5, 5.41) is 3.72. The van der Waals surface area contributed by atoms with Gasteiger partial charge in [0.05, 0.1) is 6.61 Å². The molecule has 2 rings (SSSR count). The standard InChI is InChI=1S/C13H26N2O/c1-15(2)13(7-3-4-8-13)11-14-12-6-5-9-16-10-12/h12,14H,3-11H2,1-2H3. The SMILES string of the molecule is CN(C)C1(CNC2CCCOC2)CCCC1. The van der Waals surface area contributed by atoms with Crippen molar-refractivity contribution in [2.24, 2.45) is 0 Å². The van der Waals surface area contributed by atoms with E-state index in [0.717, 1.165) is 19.8 Å². The molecule has 3 nitrogen and oxygen atoms in total. The smallest absolute Gasteiger partial charge is 0.0619 e. The van der Waals surface area contributed by atoms with Gasteiger partial charge >= 0.3 is 0 Å². The lowest BCUT2D eigenvalue weighted by Gasteiger charge is -2.38. The van der Waals surface area contributed by atoms with E-state index in [1.807, 2.05) is 0 Å². The van der Waals surface area contributed by atoms with E-state index < -0.39 is 0 Å². The average Bonchev–Trinajstić information content (AvgIpc) is 2.78. The van der Waals surface area contributed by atoms with Gasteiger partial charge in [0.2, 0.25) is 0 Å². The van der Waals surface area contributed by atoms with Gasteiger partial charge in [-0.2, -0.15) is 0 Å². The van der Waals surface area contributed by atoms with Crippen LogP contribution in [0.15, 0.2) is 0 Å². The molecule has 1 unspecified atom stereocenters. The van der Waals surface area contributed by atoms with Gasteiger partial charge in [0.25, 0.3) is 0 Å². The summed E-state index contributed by atoms with van der Waals surface area (Å²) in [7, 11) is 4.45.